The first-order valence-electron chi connectivity index (χ1n) is 4.41. The molecule has 0 saturated carbocycles. The normalized spacial score (nSPS) is 7.00. The Morgan fingerprint density at radius 1 is 0.833 bits per heavy atom. The van der Waals surface area contributed by atoms with Gasteiger partial charge in [-0.2, -0.15) is 12.8 Å². The first kappa shape index (κ1) is 23.4. The van der Waals surface area contributed by atoms with E-state index in [0.29, 0.717) is 0 Å². The van der Waals surface area contributed by atoms with Crippen LogP contribution in [0.2, 0.25) is 0 Å². The molecule has 0 aliphatic carbocycles. The van der Waals surface area contributed by atoms with Gasteiger partial charge in [-0.25, -0.2) is 0 Å². The summed E-state index contributed by atoms with van der Waals surface area (Å²) in [5.41, 5.74) is 0. The van der Waals surface area contributed by atoms with Crippen LogP contribution >= 0.6 is 0 Å². The van der Waals surface area contributed by atoms with Crippen molar-refractivity contribution in [3.05, 3.63) is 13.8 Å². The summed E-state index contributed by atoms with van der Waals surface area (Å²) in [4.78, 5) is 0. The van der Waals surface area contributed by atoms with E-state index in [0.717, 1.165) is 12.8 Å². The maximum atomic E-state index is 3.68. The predicted octanol–water partition coefficient (Wildman–Crippen LogP) is 1.02. The largest absolute Gasteiger partial charge is 1.00 e. The molecule has 0 saturated heterocycles. The molecule has 12 heavy (non-hydrogen) atoms. The van der Waals surface area contributed by atoms with Crippen molar-refractivity contribution in [1.29, 1.82) is 0 Å². The van der Waals surface area contributed by atoms with Crippen molar-refractivity contribution in [2.75, 3.05) is 0 Å². The first-order valence-corrected chi connectivity index (χ1v) is 4.41. The third-order valence-electron chi connectivity index (χ3n) is 1.21. The molecule has 0 radical (unpaired) electrons. The van der Waals surface area contributed by atoms with Crippen LogP contribution in [0.3, 0.4) is 0 Å². The summed E-state index contributed by atoms with van der Waals surface area (Å²) in [5.74, 6) is 0. The van der Waals surface area contributed by atoms with E-state index in [1.165, 1.54) is 25.7 Å². The number of hydrogen-bond donors (Lipinski definition) is 0. The van der Waals surface area contributed by atoms with Gasteiger partial charge in [-0.05, 0) is 0 Å². The fourth-order valence-corrected chi connectivity index (χ4v) is 0.500. The van der Waals surface area contributed by atoms with E-state index >= 15 is 0 Å². The Morgan fingerprint density at radius 3 is 1.08 bits per heavy atom. The fourth-order valence-electron chi connectivity index (χ4n) is 0.500. The molecule has 0 atom stereocenters. The molecule has 0 spiro atoms. The molecule has 0 heterocycles. The van der Waals surface area contributed by atoms with Gasteiger partial charge in [0.05, 0.1) is 0 Å². The predicted molar refractivity (Wildman–Crippen MR) is 49.8 cm³/mol. The second-order valence-electron chi connectivity index (χ2n) is 2.41. The Labute approximate surface area is 112 Å². The minimum atomic E-state index is 0. The summed E-state index contributed by atoms with van der Waals surface area (Å²) in [6.45, 7) is 11.7. The van der Waals surface area contributed by atoms with Crippen molar-refractivity contribution < 1.29 is 46.6 Å². The molecule has 0 amide bonds. The van der Waals surface area contributed by atoms with Gasteiger partial charge in [0.2, 0.25) is 0 Å². The third-order valence-corrected chi connectivity index (χ3v) is 1.21. The van der Waals surface area contributed by atoms with E-state index in [9.17, 15) is 0 Å². The standard InChI is InChI=1S/2C5H11.Cu.Na/c2*1-3-5-4-2;;/h2*1,3-5H2,2H3;;/q2*-1;2*+1. The van der Waals surface area contributed by atoms with E-state index < -0.39 is 0 Å². The van der Waals surface area contributed by atoms with Gasteiger partial charge in [0.1, 0.15) is 0 Å². The minimum absolute atomic E-state index is 0. The fraction of sp³-hybridized carbons (Fsp3) is 0.800. The molecule has 0 aliphatic rings. The molecule has 0 fully saturated rings. The molecule has 0 aromatic heterocycles. The molecule has 74 valence electrons. The minimum Gasteiger partial charge on any atom is -0.343 e. The quantitative estimate of drug-likeness (QED) is 0.498. The SMILES string of the molecule is [CH2-]CCCC.[CH2-]CCCC.[Cu+].[Na+]. The Morgan fingerprint density at radius 2 is 1.08 bits per heavy atom. The van der Waals surface area contributed by atoms with Crippen LogP contribution < -0.4 is 29.6 Å². The third kappa shape index (κ3) is 41.8. The molecule has 2 heteroatoms. The maximum absolute atomic E-state index is 3.68. The zero-order chi connectivity index (χ0) is 8.24. The average Bonchev–Trinajstić information content (AvgIpc) is 1.93. The molecule has 0 aromatic carbocycles. The van der Waals surface area contributed by atoms with Crippen LogP contribution in [-0.4, -0.2) is 0 Å². The summed E-state index contributed by atoms with van der Waals surface area (Å²) >= 11 is 0. The number of hydrogen-bond acceptors (Lipinski definition) is 0. The second-order valence-corrected chi connectivity index (χ2v) is 2.41. The Hall–Kier alpha value is 1.52. The Bertz CT molecular complexity index is 30.8. The molecule has 0 unspecified atom stereocenters. The zero-order valence-corrected chi connectivity index (χ0v) is 11.9. The Balaban J connectivity index is -0.0000000457. The van der Waals surface area contributed by atoms with Gasteiger partial charge in [-0.3, -0.25) is 0 Å². The molecule has 0 nitrogen and oxygen atoms in total. The molecule has 0 aliphatic heterocycles. The van der Waals surface area contributed by atoms with Crippen LogP contribution in [-0.2, 0) is 17.1 Å². The van der Waals surface area contributed by atoms with E-state index in [4.69, 9.17) is 0 Å². The van der Waals surface area contributed by atoms with Crippen molar-refractivity contribution >= 4 is 0 Å². The van der Waals surface area contributed by atoms with Gasteiger partial charge < -0.3 is 13.8 Å². The maximum Gasteiger partial charge on any atom is 1.00 e. The van der Waals surface area contributed by atoms with E-state index in [-0.39, 0.29) is 46.6 Å². The van der Waals surface area contributed by atoms with E-state index in [2.05, 4.69) is 27.7 Å². The smallest absolute Gasteiger partial charge is 0.343 e. The van der Waals surface area contributed by atoms with Crippen LogP contribution in [0.15, 0.2) is 0 Å². The molecule has 0 N–H and O–H groups in total. The van der Waals surface area contributed by atoms with Crippen LogP contribution in [0.5, 0.6) is 0 Å². The molecule has 0 rings (SSSR count). The monoisotopic (exact) mass is 228 g/mol. The number of unbranched alkanes of at least 4 members (excludes halogenated alkanes) is 4. The van der Waals surface area contributed by atoms with Crippen LogP contribution in [0.4, 0.5) is 0 Å². The summed E-state index contributed by atoms with van der Waals surface area (Å²) in [6.07, 6.45) is 7.31. The number of rotatable bonds is 4. The van der Waals surface area contributed by atoms with E-state index in [1.807, 2.05) is 0 Å². The first-order chi connectivity index (χ1) is 4.83. The second kappa shape index (κ2) is 29.4. The van der Waals surface area contributed by atoms with Crippen LogP contribution in [0.25, 0.3) is 0 Å². The van der Waals surface area contributed by atoms with Crippen molar-refractivity contribution in [2.45, 2.75) is 52.4 Å². The zero-order valence-electron chi connectivity index (χ0n) is 8.96. The summed E-state index contributed by atoms with van der Waals surface area (Å²) in [6, 6.07) is 0. The van der Waals surface area contributed by atoms with Crippen LogP contribution in [0.1, 0.15) is 52.4 Å². The average molecular weight is 229 g/mol. The molecule has 0 bridgehead atoms. The summed E-state index contributed by atoms with van der Waals surface area (Å²) < 4.78 is 0. The Kier molecular flexibility index (Phi) is 57.3. The van der Waals surface area contributed by atoms with Gasteiger partial charge >= 0.3 is 46.6 Å². The van der Waals surface area contributed by atoms with E-state index in [1.54, 1.807) is 0 Å². The van der Waals surface area contributed by atoms with Gasteiger partial charge in [0, 0.05) is 0 Å². The van der Waals surface area contributed by atoms with Crippen LogP contribution in [0, 0.1) is 13.8 Å². The molecular formula is C10H22CuNa. The van der Waals surface area contributed by atoms with Gasteiger partial charge in [-0.15, -0.1) is 0 Å². The van der Waals surface area contributed by atoms with Gasteiger partial charge in [0.25, 0.3) is 0 Å². The summed E-state index contributed by atoms with van der Waals surface area (Å²) in [7, 11) is 0. The van der Waals surface area contributed by atoms with Crippen molar-refractivity contribution in [3.63, 3.8) is 0 Å². The van der Waals surface area contributed by atoms with Gasteiger partial charge in [-0.1, -0.05) is 39.5 Å². The topological polar surface area (TPSA) is 0 Å². The van der Waals surface area contributed by atoms with Gasteiger partial charge in [0.15, 0.2) is 0 Å². The molecular weight excluding hydrogens is 207 g/mol. The van der Waals surface area contributed by atoms with Crippen molar-refractivity contribution in [1.82, 2.24) is 0 Å². The molecule has 0 aromatic rings. The van der Waals surface area contributed by atoms with Crippen molar-refractivity contribution in [2.24, 2.45) is 0 Å². The van der Waals surface area contributed by atoms with Crippen molar-refractivity contribution in [3.8, 4) is 0 Å². The summed E-state index contributed by atoms with van der Waals surface area (Å²) in [5, 5.41) is 0.